The van der Waals surface area contributed by atoms with Gasteiger partial charge in [-0.2, -0.15) is 5.10 Å². The number of benzene rings is 2. The third-order valence-corrected chi connectivity index (χ3v) is 4.96. The Morgan fingerprint density at radius 1 is 0.969 bits per heavy atom. The number of hydrogen-bond acceptors (Lipinski definition) is 5. The Labute approximate surface area is 186 Å². The topological polar surface area (TPSA) is 86.5 Å². The Hall–Kier alpha value is -3.87. The molecule has 0 radical (unpaired) electrons. The number of aromatic nitrogens is 3. The van der Waals surface area contributed by atoms with Crippen LogP contribution in [0.1, 0.15) is 36.8 Å². The van der Waals surface area contributed by atoms with Gasteiger partial charge in [0.25, 0.3) is 0 Å². The number of para-hydroxylation sites is 2. The molecule has 2 aromatic carbocycles. The predicted molar refractivity (Wildman–Crippen MR) is 121 cm³/mol. The van der Waals surface area contributed by atoms with Crippen LogP contribution in [0, 0.1) is 0 Å². The summed E-state index contributed by atoms with van der Waals surface area (Å²) in [5.74, 6) is 0.271. The molecule has 0 aliphatic rings. The van der Waals surface area contributed by atoms with E-state index in [-0.39, 0.29) is 19.1 Å². The van der Waals surface area contributed by atoms with Crippen molar-refractivity contribution in [2.75, 3.05) is 0 Å². The Bertz CT molecular complexity index is 1230. The van der Waals surface area contributed by atoms with Gasteiger partial charge in [-0.1, -0.05) is 42.5 Å². The van der Waals surface area contributed by atoms with Crippen molar-refractivity contribution < 1.29 is 19.4 Å². The molecule has 1 N–H and O–H groups in total. The van der Waals surface area contributed by atoms with Crippen molar-refractivity contribution in [3.63, 3.8) is 0 Å². The van der Waals surface area contributed by atoms with Crippen LogP contribution in [0.3, 0.4) is 0 Å². The third-order valence-electron chi connectivity index (χ3n) is 4.96. The van der Waals surface area contributed by atoms with Crippen LogP contribution in [-0.2, 0) is 24.4 Å². The lowest BCUT2D eigenvalue weighted by Crippen LogP contribution is -2.08. The Morgan fingerprint density at radius 2 is 1.72 bits per heavy atom. The van der Waals surface area contributed by atoms with Crippen LogP contribution in [0.25, 0.3) is 10.9 Å². The summed E-state index contributed by atoms with van der Waals surface area (Å²) in [6, 6.07) is 21.0. The molecule has 4 aromatic rings. The molecule has 2 heterocycles. The first-order chi connectivity index (χ1) is 15.5. The molecule has 0 unspecified atom stereocenters. The van der Waals surface area contributed by atoms with Crippen molar-refractivity contribution >= 4 is 16.9 Å². The first-order valence-corrected chi connectivity index (χ1v) is 10.5. The lowest BCUT2D eigenvalue weighted by molar-refractivity contribution is -0.136. The van der Waals surface area contributed by atoms with Crippen molar-refractivity contribution in [1.29, 1.82) is 0 Å². The summed E-state index contributed by atoms with van der Waals surface area (Å²) >= 11 is 0. The van der Waals surface area contributed by atoms with E-state index in [9.17, 15) is 4.79 Å². The molecule has 0 aliphatic carbocycles. The number of rotatable bonds is 9. The normalized spacial score (nSPS) is 11.1. The van der Waals surface area contributed by atoms with Gasteiger partial charge in [-0.3, -0.25) is 4.79 Å². The van der Waals surface area contributed by atoms with Gasteiger partial charge in [-0.25, -0.2) is 9.67 Å². The van der Waals surface area contributed by atoms with Crippen LogP contribution in [0.5, 0.6) is 11.6 Å². The van der Waals surface area contributed by atoms with E-state index in [0.29, 0.717) is 29.5 Å². The van der Waals surface area contributed by atoms with E-state index in [1.807, 2.05) is 67.1 Å². The molecule has 0 saturated carbocycles. The molecular weight excluding hydrogens is 406 g/mol. The molecule has 0 aliphatic heterocycles. The van der Waals surface area contributed by atoms with Gasteiger partial charge < -0.3 is 14.6 Å². The van der Waals surface area contributed by atoms with Gasteiger partial charge >= 0.3 is 5.97 Å². The smallest absolute Gasteiger partial charge is 0.307 e. The van der Waals surface area contributed by atoms with Gasteiger partial charge in [0.1, 0.15) is 24.7 Å². The highest BCUT2D eigenvalue weighted by atomic mass is 16.5. The van der Waals surface area contributed by atoms with E-state index in [1.165, 1.54) is 0 Å². The van der Waals surface area contributed by atoms with Gasteiger partial charge in [-0.05, 0) is 32.0 Å². The maximum absolute atomic E-state index is 11.1. The summed E-state index contributed by atoms with van der Waals surface area (Å²) in [5.41, 5.74) is 3.09. The lowest BCUT2D eigenvalue weighted by Gasteiger charge is -2.12. The lowest BCUT2D eigenvalue weighted by atomic mass is 10.1. The molecule has 0 saturated heterocycles. The zero-order chi connectivity index (χ0) is 22.5. The Kier molecular flexibility index (Phi) is 6.35. The fourth-order valence-electron chi connectivity index (χ4n) is 3.42. The van der Waals surface area contributed by atoms with Crippen molar-refractivity contribution in [1.82, 2.24) is 14.8 Å². The Balaban J connectivity index is 1.47. The van der Waals surface area contributed by atoms with Crippen LogP contribution in [0.4, 0.5) is 0 Å². The molecule has 7 nitrogen and oxygen atoms in total. The number of ether oxygens (including phenoxy) is 2. The number of carboxylic acids is 1. The zero-order valence-electron chi connectivity index (χ0n) is 18.1. The van der Waals surface area contributed by atoms with Crippen molar-refractivity contribution in [3.05, 3.63) is 83.7 Å². The van der Waals surface area contributed by atoms with E-state index < -0.39 is 5.97 Å². The van der Waals surface area contributed by atoms with Gasteiger partial charge in [0.15, 0.2) is 0 Å². The minimum absolute atomic E-state index is 0.0935. The molecule has 32 heavy (non-hydrogen) atoms. The van der Waals surface area contributed by atoms with E-state index in [0.717, 1.165) is 16.6 Å². The van der Waals surface area contributed by atoms with Crippen molar-refractivity contribution in [2.45, 2.75) is 39.5 Å². The van der Waals surface area contributed by atoms with Crippen LogP contribution in [0.2, 0.25) is 0 Å². The zero-order valence-corrected chi connectivity index (χ0v) is 18.1. The molecule has 0 fully saturated rings. The number of fused-ring (bicyclic) bond motifs is 1. The molecule has 0 amide bonds. The summed E-state index contributed by atoms with van der Waals surface area (Å²) in [5, 5.41) is 14.8. The Morgan fingerprint density at radius 3 is 2.53 bits per heavy atom. The largest absolute Gasteiger partial charge is 0.487 e. The SMILES string of the molecule is CC(C)n1nc(COc2ccccc2CC(=O)O)cc1OCc1ccc2ccccc2n1. The molecule has 4 rings (SSSR count). The average molecular weight is 431 g/mol. The standard InChI is InChI=1S/C25H25N3O4/c1-17(2)28-24(32-15-20-12-11-18-7-3-5-9-22(18)26-20)14-21(27-28)16-31-23-10-6-4-8-19(23)13-25(29)30/h3-12,14,17H,13,15-16H2,1-2H3,(H,29,30). The fourth-order valence-corrected chi connectivity index (χ4v) is 3.42. The third kappa shape index (κ3) is 5.06. The fraction of sp³-hybridized carbons (Fsp3) is 0.240. The first kappa shape index (κ1) is 21.4. The average Bonchev–Trinajstić information content (AvgIpc) is 3.20. The predicted octanol–water partition coefficient (Wildman–Crippen LogP) is 4.80. The van der Waals surface area contributed by atoms with E-state index >= 15 is 0 Å². The van der Waals surface area contributed by atoms with Gasteiger partial charge in [0.2, 0.25) is 5.88 Å². The van der Waals surface area contributed by atoms with E-state index in [2.05, 4.69) is 10.1 Å². The highest BCUT2D eigenvalue weighted by Gasteiger charge is 2.14. The number of nitrogens with zero attached hydrogens (tertiary/aromatic N) is 3. The summed E-state index contributed by atoms with van der Waals surface area (Å²) < 4.78 is 13.7. The monoisotopic (exact) mass is 431 g/mol. The van der Waals surface area contributed by atoms with Gasteiger partial charge in [0.05, 0.1) is 23.7 Å². The van der Waals surface area contributed by atoms with Gasteiger partial charge in [-0.15, -0.1) is 0 Å². The molecule has 0 atom stereocenters. The van der Waals surface area contributed by atoms with Crippen LogP contribution in [0.15, 0.2) is 66.7 Å². The number of carboxylic acid groups (broad SMARTS) is 1. The van der Waals surface area contributed by atoms with Gasteiger partial charge in [0, 0.05) is 17.0 Å². The summed E-state index contributed by atoms with van der Waals surface area (Å²) in [7, 11) is 0. The molecular formula is C25H25N3O4. The number of hydrogen-bond donors (Lipinski definition) is 1. The molecule has 0 spiro atoms. The maximum atomic E-state index is 11.1. The van der Waals surface area contributed by atoms with Crippen molar-refractivity contribution in [2.24, 2.45) is 0 Å². The van der Waals surface area contributed by atoms with Crippen molar-refractivity contribution in [3.8, 4) is 11.6 Å². The molecule has 7 heteroatoms. The van der Waals surface area contributed by atoms with E-state index in [1.54, 1.807) is 18.2 Å². The summed E-state index contributed by atoms with van der Waals surface area (Å²) in [6.45, 7) is 4.59. The minimum atomic E-state index is -0.900. The quantitative estimate of drug-likeness (QED) is 0.410. The van der Waals surface area contributed by atoms with Crippen LogP contribution >= 0.6 is 0 Å². The molecule has 2 aromatic heterocycles. The van der Waals surface area contributed by atoms with Crippen LogP contribution in [-0.4, -0.2) is 25.8 Å². The second-order valence-corrected chi connectivity index (χ2v) is 7.76. The first-order valence-electron chi connectivity index (χ1n) is 10.5. The number of pyridine rings is 1. The number of carbonyl (C=O) groups is 1. The van der Waals surface area contributed by atoms with E-state index in [4.69, 9.17) is 14.6 Å². The summed E-state index contributed by atoms with van der Waals surface area (Å²) in [6.07, 6.45) is -0.0935. The molecule has 164 valence electrons. The maximum Gasteiger partial charge on any atom is 0.307 e. The second-order valence-electron chi connectivity index (χ2n) is 7.76. The number of aliphatic carboxylic acids is 1. The highest BCUT2D eigenvalue weighted by molar-refractivity contribution is 5.78. The van der Waals surface area contributed by atoms with Crippen LogP contribution < -0.4 is 9.47 Å². The second kappa shape index (κ2) is 9.51. The summed E-state index contributed by atoms with van der Waals surface area (Å²) in [4.78, 5) is 15.7. The minimum Gasteiger partial charge on any atom is -0.487 e. The molecule has 0 bridgehead atoms. The highest BCUT2D eigenvalue weighted by Crippen LogP contribution is 2.24.